The third kappa shape index (κ3) is 5.54. The van der Waals surface area contributed by atoms with Gasteiger partial charge in [-0.05, 0) is 19.9 Å². The van der Waals surface area contributed by atoms with E-state index in [1.54, 1.807) is 6.07 Å². The van der Waals surface area contributed by atoms with E-state index in [4.69, 9.17) is 0 Å². The van der Waals surface area contributed by atoms with Crippen molar-refractivity contribution >= 4 is 21.6 Å². The maximum atomic E-state index is 12.0. The van der Waals surface area contributed by atoms with Crippen molar-refractivity contribution in [2.75, 3.05) is 31.2 Å². The molecule has 1 aromatic heterocycles. The molecule has 1 rings (SSSR count). The van der Waals surface area contributed by atoms with Gasteiger partial charge in [0, 0.05) is 31.5 Å². The summed E-state index contributed by atoms with van der Waals surface area (Å²) in [6.07, 6.45) is 2.58. The molecule has 1 aromatic rings. The number of nitrogens with one attached hydrogen (secondary N) is 3. The average Bonchev–Trinajstić information content (AvgIpc) is 2.34. The fraction of sp³-hybridized carbons (Fsp3) is 0.500. The predicted octanol–water partition coefficient (Wildman–Crippen LogP) is 0.101. The molecule has 0 aliphatic carbocycles. The van der Waals surface area contributed by atoms with Gasteiger partial charge < -0.3 is 10.6 Å². The molecule has 0 saturated carbocycles. The molecule has 0 aliphatic rings. The number of aryl methyl sites for hydroxylation is 1. The Morgan fingerprint density at radius 2 is 2.05 bits per heavy atom. The van der Waals surface area contributed by atoms with E-state index in [0.717, 1.165) is 11.9 Å². The van der Waals surface area contributed by atoms with E-state index in [1.165, 1.54) is 6.20 Å². The van der Waals surface area contributed by atoms with Crippen LogP contribution in [0.5, 0.6) is 0 Å². The van der Waals surface area contributed by atoms with Crippen molar-refractivity contribution in [1.29, 1.82) is 0 Å². The van der Waals surface area contributed by atoms with E-state index in [0.29, 0.717) is 17.8 Å². The lowest BCUT2D eigenvalue weighted by Crippen LogP contribution is -2.34. The lowest BCUT2D eigenvalue weighted by molar-refractivity contribution is 0.0955. The first-order valence-electron chi connectivity index (χ1n) is 6.27. The summed E-state index contributed by atoms with van der Waals surface area (Å²) >= 11 is 0. The molecule has 0 bridgehead atoms. The molecule has 0 saturated heterocycles. The van der Waals surface area contributed by atoms with E-state index in [9.17, 15) is 13.2 Å². The minimum Gasteiger partial charge on any atom is -0.385 e. The second-order valence-electron chi connectivity index (χ2n) is 4.32. The molecule has 1 heterocycles. The van der Waals surface area contributed by atoms with Crippen LogP contribution in [0.25, 0.3) is 0 Å². The number of carbonyl (C=O) groups is 1. The molecule has 0 unspecified atom stereocenters. The van der Waals surface area contributed by atoms with Crippen LogP contribution in [0.4, 0.5) is 5.69 Å². The van der Waals surface area contributed by atoms with Gasteiger partial charge in [-0.25, -0.2) is 13.1 Å². The molecule has 3 N–H and O–H groups in total. The van der Waals surface area contributed by atoms with E-state index in [1.807, 2.05) is 13.8 Å². The van der Waals surface area contributed by atoms with Crippen LogP contribution in [-0.4, -0.2) is 45.2 Å². The Hall–Kier alpha value is -1.67. The van der Waals surface area contributed by atoms with Crippen LogP contribution in [0, 0.1) is 6.92 Å². The average molecular weight is 300 g/mol. The molecule has 20 heavy (non-hydrogen) atoms. The normalized spacial score (nSPS) is 11.2. The summed E-state index contributed by atoms with van der Waals surface area (Å²) in [5, 5.41) is 5.74. The van der Waals surface area contributed by atoms with Crippen LogP contribution >= 0.6 is 0 Å². The second kappa shape index (κ2) is 7.20. The van der Waals surface area contributed by atoms with Gasteiger partial charge in [-0.15, -0.1) is 0 Å². The van der Waals surface area contributed by atoms with Gasteiger partial charge in [0.25, 0.3) is 5.91 Å². The number of pyridine rings is 1. The first-order valence-corrected chi connectivity index (χ1v) is 8.16. The van der Waals surface area contributed by atoms with Crippen molar-refractivity contribution in [3.8, 4) is 0 Å². The molecule has 0 aliphatic heterocycles. The fourth-order valence-corrected chi connectivity index (χ4v) is 2.06. The number of sulfonamides is 1. The second-order valence-corrected chi connectivity index (χ2v) is 6.16. The Kier molecular flexibility index (Phi) is 5.90. The quantitative estimate of drug-likeness (QED) is 0.620. The van der Waals surface area contributed by atoms with E-state index in [-0.39, 0.29) is 19.0 Å². The highest BCUT2D eigenvalue weighted by Gasteiger charge is 2.11. The smallest absolute Gasteiger partial charge is 0.255 e. The van der Waals surface area contributed by atoms with Gasteiger partial charge in [-0.2, -0.15) is 0 Å². The third-order valence-corrected chi connectivity index (χ3v) is 3.16. The minimum atomic E-state index is -3.24. The number of carbonyl (C=O) groups excluding carboxylic acids is 1. The zero-order valence-corrected chi connectivity index (χ0v) is 12.7. The van der Waals surface area contributed by atoms with Crippen LogP contribution in [-0.2, 0) is 10.0 Å². The monoisotopic (exact) mass is 300 g/mol. The molecule has 7 nitrogen and oxygen atoms in total. The topological polar surface area (TPSA) is 100 Å². The van der Waals surface area contributed by atoms with Crippen molar-refractivity contribution < 1.29 is 13.2 Å². The van der Waals surface area contributed by atoms with Crippen molar-refractivity contribution in [3.05, 3.63) is 23.5 Å². The lowest BCUT2D eigenvalue weighted by atomic mass is 10.2. The Morgan fingerprint density at radius 1 is 1.35 bits per heavy atom. The van der Waals surface area contributed by atoms with Gasteiger partial charge in [-0.1, -0.05) is 0 Å². The van der Waals surface area contributed by atoms with Gasteiger partial charge in [0.15, 0.2) is 0 Å². The Balaban J connectivity index is 2.63. The predicted molar refractivity (Wildman–Crippen MR) is 78.3 cm³/mol. The first-order chi connectivity index (χ1) is 9.33. The molecule has 0 spiro atoms. The van der Waals surface area contributed by atoms with E-state index < -0.39 is 10.0 Å². The van der Waals surface area contributed by atoms with Gasteiger partial charge in [-0.3, -0.25) is 9.78 Å². The standard InChI is InChI=1S/C12H20N4O3S/c1-4-13-11-7-9(2)15-8-10(11)12(17)14-5-6-16-20(3,18)19/h7-8,16H,4-6H2,1-3H3,(H,13,15)(H,14,17). The number of hydrogen-bond donors (Lipinski definition) is 3. The molecular formula is C12H20N4O3S. The summed E-state index contributed by atoms with van der Waals surface area (Å²) in [6, 6.07) is 1.80. The number of aromatic nitrogens is 1. The maximum absolute atomic E-state index is 12.0. The molecule has 112 valence electrons. The zero-order valence-electron chi connectivity index (χ0n) is 11.9. The van der Waals surface area contributed by atoms with Gasteiger partial charge in [0.05, 0.1) is 17.5 Å². The van der Waals surface area contributed by atoms with E-state index >= 15 is 0 Å². The summed E-state index contributed by atoms with van der Waals surface area (Å²) in [5.41, 5.74) is 1.97. The summed E-state index contributed by atoms with van der Waals surface area (Å²) < 4.78 is 24.1. The van der Waals surface area contributed by atoms with Crippen molar-refractivity contribution in [1.82, 2.24) is 15.0 Å². The molecule has 0 aromatic carbocycles. The maximum Gasteiger partial charge on any atom is 0.255 e. The SMILES string of the molecule is CCNc1cc(C)ncc1C(=O)NCCNS(C)(=O)=O. The summed E-state index contributed by atoms with van der Waals surface area (Å²) in [6.45, 7) is 4.84. The molecule has 1 amide bonds. The van der Waals surface area contributed by atoms with Crippen LogP contribution in [0.3, 0.4) is 0 Å². The number of anilines is 1. The summed E-state index contributed by atoms with van der Waals surface area (Å²) in [4.78, 5) is 16.1. The fourth-order valence-electron chi connectivity index (χ4n) is 1.59. The van der Waals surface area contributed by atoms with Gasteiger partial charge in [0.2, 0.25) is 10.0 Å². The highest BCUT2D eigenvalue weighted by atomic mass is 32.2. The van der Waals surface area contributed by atoms with Crippen LogP contribution in [0.2, 0.25) is 0 Å². The van der Waals surface area contributed by atoms with Gasteiger partial charge >= 0.3 is 0 Å². The molecule has 0 atom stereocenters. The van der Waals surface area contributed by atoms with Gasteiger partial charge in [0.1, 0.15) is 0 Å². The molecular weight excluding hydrogens is 280 g/mol. The Labute approximate surface area is 119 Å². The summed E-state index contributed by atoms with van der Waals surface area (Å²) in [7, 11) is -3.24. The number of amides is 1. The Bertz CT molecular complexity index is 572. The largest absolute Gasteiger partial charge is 0.385 e. The third-order valence-electron chi connectivity index (χ3n) is 2.43. The zero-order chi connectivity index (χ0) is 15.2. The highest BCUT2D eigenvalue weighted by Crippen LogP contribution is 2.15. The molecule has 0 radical (unpaired) electrons. The number of rotatable bonds is 7. The van der Waals surface area contributed by atoms with Crippen LogP contribution in [0.1, 0.15) is 23.0 Å². The van der Waals surface area contributed by atoms with E-state index in [2.05, 4.69) is 20.3 Å². The molecule has 0 fully saturated rings. The van der Waals surface area contributed by atoms with Crippen molar-refractivity contribution in [3.63, 3.8) is 0 Å². The van der Waals surface area contributed by atoms with Crippen molar-refractivity contribution in [2.45, 2.75) is 13.8 Å². The summed E-state index contributed by atoms with van der Waals surface area (Å²) in [5.74, 6) is -0.288. The molecule has 8 heteroatoms. The van der Waals surface area contributed by atoms with Crippen LogP contribution in [0.15, 0.2) is 12.3 Å². The highest BCUT2D eigenvalue weighted by molar-refractivity contribution is 7.88. The van der Waals surface area contributed by atoms with Crippen molar-refractivity contribution in [2.24, 2.45) is 0 Å². The number of hydrogen-bond acceptors (Lipinski definition) is 5. The van der Waals surface area contributed by atoms with Crippen LogP contribution < -0.4 is 15.4 Å². The Morgan fingerprint density at radius 3 is 2.65 bits per heavy atom. The minimum absolute atomic E-state index is 0.153. The first kappa shape index (κ1) is 16.4. The number of nitrogens with zero attached hydrogens (tertiary/aromatic N) is 1. The lowest BCUT2D eigenvalue weighted by Gasteiger charge is -2.11.